The van der Waals surface area contributed by atoms with E-state index in [1.54, 1.807) is 36.4 Å². The lowest BCUT2D eigenvalue weighted by Crippen LogP contribution is -2.15. The van der Waals surface area contributed by atoms with Crippen molar-refractivity contribution in [3.05, 3.63) is 102 Å². The number of hydrogen-bond acceptors (Lipinski definition) is 6. The molecule has 0 aliphatic rings. The minimum atomic E-state index is -3.95. The molecule has 0 fully saturated rings. The molecule has 12 heteroatoms. The quantitative estimate of drug-likeness (QED) is 0.250. The molecule has 0 spiro atoms. The third kappa shape index (κ3) is 5.34. The van der Waals surface area contributed by atoms with Crippen molar-refractivity contribution >= 4 is 33.0 Å². The third-order valence-corrected chi connectivity index (χ3v) is 7.47. The second kappa shape index (κ2) is 10.7. The Morgan fingerprint density at radius 1 is 1.00 bits per heavy atom. The van der Waals surface area contributed by atoms with Crippen molar-refractivity contribution in [1.82, 2.24) is 14.6 Å². The largest absolute Gasteiger partial charge is 0.495 e. The number of alkyl halides is 2. The summed E-state index contributed by atoms with van der Waals surface area (Å²) in [7, 11) is -2.51. The van der Waals surface area contributed by atoms with E-state index in [0.29, 0.717) is 11.3 Å². The molecule has 2 heterocycles. The molecule has 2 aromatic heterocycles. The number of halogens is 2. The minimum Gasteiger partial charge on any atom is -0.495 e. The predicted octanol–water partition coefficient (Wildman–Crippen LogP) is 5.70. The molecule has 0 radical (unpaired) electrons. The predicted molar refractivity (Wildman–Crippen MR) is 146 cm³/mol. The number of rotatable bonds is 8. The normalized spacial score (nSPS) is 11.5. The van der Waals surface area contributed by atoms with E-state index >= 15 is 0 Å². The lowest BCUT2D eigenvalue weighted by molar-refractivity contribution is 0.102. The van der Waals surface area contributed by atoms with E-state index in [1.807, 2.05) is 19.1 Å². The molecule has 204 valence electrons. The van der Waals surface area contributed by atoms with Crippen LogP contribution in [0.15, 0.2) is 90.0 Å². The van der Waals surface area contributed by atoms with Crippen molar-refractivity contribution in [1.29, 1.82) is 0 Å². The first-order valence-electron chi connectivity index (χ1n) is 12.0. The summed E-state index contributed by atoms with van der Waals surface area (Å²) < 4.78 is 62.1. The molecule has 2 N–H and O–H groups in total. The molecular formula is C28H23F2N5O4S. The SMILES string of the molecule is COc1ccccc1NS(=O)(=O)c1ccc(NC(=O)c2cnn3c(C(F)F)cc(-c4ccc(C)cc4)nc23)cc1. The van der Waals surface area contributed by atoms with E-state index < -0.39 is 28.0 Å². The van der Waals surface area contributed by atoms with Crippen LogP contribution < -0.4 is 14.8 Å². The number of aryl methyl sites for hydroxylation is 1. The molecule has 5 aromatic rings. The van der Waals surface area contributed by atoms with Crippen molar-refractivity contribution in [2.45, 2.75) is 18.2 Å². The Morgan fingerprint density at radius 2 is 1.70 bits per heavy atom. The molecule has 1 amide bonds. The molecule has 0 atom stereocenters. The topological polar surface area (TPSA) is 115 Å². The number of hydrogen-bond donors (Lipinski definition) is 2. The van der Waals surface area contributed by atoms with E-state index in [2.05, 4.69) is 20.1 Å². The number of carbonyl (C=O) groups is 1. The number of methoxy groups -OCH3 is 1. The summed E-state index contributed by atoms with van der Waals surface area (Å²) in [6, 6.07) is 20.5. The highest BCUT2D eigenvalue weighted by atomic mass is 32.2. The van der Waals surface area contributed by atoms with Crippen molar-refractivity contribution in [2.24, 2.45) is 0 Å². The monoisotopic (exact) mass is 563 g/mol. The van der Waals surface area contributed by atoms with Crippen LogP contribution in [0.3, 0.4) is 0 Å². The summed E-state index contributed by atoms with van der Waals surface area (Å²) in [5.41, 5.74) is 1.97. The van der Waals surface area contributed by atoms with Gasteiger partial charge in [0.2, 0.25) is 0 Å². The molecule has 0 aliphatic heterocycles. The van der Waals surface area contributed by atoms with Gasteiger partial charge in [0.1, 0.15) is 17.0 Å². The maximum atomic E-state index is 13.9. The van der Waals surface area contributed by atoms with Crippen LogP contribution >= 0.6 is 0 Å². The lowest BCUT2D eigenvalue weighted by atomic mass is 10.1. The molecular weight excluding hydrogens is 540 g/mol. The van der Waals surface area contributed by atoms with E-state index in [9.17, 15) is 22.0 Å². The Labute approximate surface area is 228 Å². The number of anilines is 2. The van der Waals surface area contributed by atoms with E-state index in [-0.39, 0.29) is 33.2 Å². The van der Waals surface area contributed by atoms with Crippen LogP contribution in [0.2, 0.25) is 0 Å². The zero-order chi connectivity index (χ0) is 28.4. The summed E-state index contributed by atoms with van der Waals surface area (Å²) in [5, 5.41) is 6.61. The number of nitrogens with one attached hydrogen (secondary N) is 2. The van der Waals surface area contributed by atoms with Crippen molar-refractivity contribution in [3.8, 4) is 17.0 Å². The maximum Gasteiger partial charge on any atom is 0.280 e. The first-order chi connectivity index (χ1) is 19.2. The number of aromatic nitrogens is 3. The number of amides is 1. The van der Waals surface area contributed by atoms with Gasteiger partial charge in [-0.25, -0.2) is 26.7 Å². The molecule has 0 saturated carbocycles. The molecule has 0 saturated heterocycles. The Balaban J connectivity index is 1.41. The number of carbonyl (C=O) groups excluding carboxylic acids is 1. The van der Waals surface area contributed by atoms with Gasteiger partial charge in [0.25, 0.3) is 22.4 Å². The summed E-state index contributed by atoms with van der Waals surface area (Å²) in [4.78, 5) is 17.5. The van der Waals surface area contributed by atoms with Gasteiger partial charge in [-0.1, -0.05) is 42.0 Å². The van der Waals surface area contributed by atoms with Gasteiger partial charge >= 0.3 is 0 Å². The number of fused-ring (bicyclic) bond motifs is 1. The summed E-state index contributed by atoms with van der Waals surface area (Å²) in [6.45, 7) is 1.91. The van der Waals surface area contributed by atoms with Gasteiger partial charge in [0.05, 0.1) is 29.6 Å². The second-order valence-electron chi connectivity index (χ2n) is 8.81. The van der Waals surface area contributed by atoms with Crippen LogP contribution in [0.1, 0.15) is 28.0 Å². The van der Waals surface area contributed by atoms with Crippen molar-refractivity contribution in [3.63, 3.8) is 0 Å². The zero-order valence-corrected chi connectivity index (χ0v) is 22.1. The number of nitrogens with zero attached hydrogens (tertiary/aromatic N) is 3. The second-order valence-corrected chi connectivity index (χ2v) is 10.5. The highest BCUT2D eigenvalue weighted by Crippen LogP contribution is 2.28. The van der Waals surface area contributed by atoms with Gasteiger partial charge in [0.15, 0.2) is 5.65 Å². The molecule has 9 nitrogen and oxygen atoms in total. The van der Waals surface area contributed by atoms with E-state index in [1.165, 1.54) is 43.6 Å². The maximum absolute atomic E-state index is 13.9. The molecule has 0 aliphatic carbocycles. The van der Waals surface area contributed by atoms with Crippen molar-refractivity contribution < 1.29 is 26.7 Å². The summed E-state index contributed by atoms with van der Waals surface area (Å²) in [6.07, 6.45) is -1.69. The average Bonchev–Trinajstić information content (AvgIpc) is 3.37. The number of sulfonamides is 1. The summed E-state index contributed by atoms with van der Waals surface area (Å²) in [5.74, 6) is -0.288. The average molecular weight is 564 g/mol. The van der Waals surface area contributed by atoms with Crippen LogP contribution in [0.5, 0.6) is 5.75 Å². The fourth-order valence-corrected chi connectivity index (χ4v) is 5.09. The Hall–Kier alpha value is -4.84. The zero-order valence-electron chi connectivity index (χ0n) is 21.3. The molecule has 0 unspecified atom stereocenters. The molecule has 5 rings (SSSR count). The minimum absolute atomic E-state index is 0.0228. The van der Waals surface area contributed by atoms with Gasteiger partial charge < -0.3 is 10.1 Å². The Morgan fingerprint density at radius 3 is 2.38 bits per heavy atom. The number of benzene rings is 3. The molecule has 40 heavy (non-hydrogen) atoms. The third-order valence-electron chi connectivity index (χ3n) is 6.09. The fourth-order valence-electron chi connectivity index (χ4n) is 4.02. The Kier molecular flexibility index (Phi) is 7.18. The first kappa shape index (κ1) is 26.8. The number of para-hydroxylation sites is 2. The van der Waals surface area contributed by atoms with Gasteiger partial charge in [0, 0.05) is 11.3 Å². The first-order valence-corrected chi connectivity index (χ1v) is 13.5. The lowest BCUT2D eigenvalue weighted by Gasteiger charge is -2.12. The van der Waals surface area contributed by atoms with Gasteiger partial charge in [-0.3, -0.25) is 9.52 Å². The van der Waals surface area contributed by atoms with Gasteiger partial charge in [-0.2, -0.15) is 5.10 Å². The highest BCUT2D eigenvalue weighted by molar-refractivity contribution is 7.92. The fraction of sp³-hybridized carbons (Fsp3) is 0.107. The molecule has 3 aromatic carbocycles. The summed E-state index contributed by atoms with van der Waals surface area (Å²) >= 11 is 0. The van der Waals surface area contributed by atoms with Crippen LogP contribution in [0.4, 0.5) is 20.2 Å². The smallest absolute Gasteiger partial charge is 0.280 e. The number of ether oxygens (including phenoxy) is 1. The highest BCUT2D eigenvalue weighted by Gasteiger charge is 2.22. The van der Waals surface area contributed by atoms with Crippen LogP contribution in [0.25, 0.3) is 16.9 Å². The standard InChI is InChI=1S/C28H23F2N5O4S/c1-17-7-9-18(10-8-17)23-15-24(26(29)30)35-27(33-23)21(16-31-35)28(36)32-19-11-13-20(14-12-19)40(37,38)34-22-5-3-4-6-25(22)39-2/h3-16,26,34H,1-2H3,(H,32,36). The van der Waals surface area contributed by atoms with E-state index in [4.69, 9.17) is 4.74 Å². The van der Waals surface area contributed by atoms with Crippen molar-refractivity contribution in [2.75, 3.05) is 17.1 Å². The van der Waals surface area contributed by atoms with Gasteiger partial charge in [-0.05, 0) is 49.4 Å². The van der Waals surface area contributed by atoms with Crippen LogP contribution in [0, 0.1) is 6.92 Å². The van der Waals surface area contributed by atoms with Gasteiger partial charge in [-0.15, -0.1) is 0 Å². The molecule has 0 bridgehead atoms. The van der Waals surface area contributed by atoms with Crippen LogP contribution in [-0.4, -0.2) is 36.0 Å². The van der Waals surface area contributed by atoms with E-state index in [0.717, 1.165) is 10.1 Å². The Bertz CT molecular complexity index is 1810. The van der Waals surface area contributed by atoms with Crippen LogP contribution in [-0.2, 0) is 10.0 Å².